The maximum Gasteiger partial charge on any atom is 0.127 e. The van der Waals surface area contributed by atoms with Gasteiger partial charge in [0.15, 0.2) is 0 Å². The quantitative estimate of drug-likeness (QED) is 0.145. The van der Waals surface area contributed by atoms with Gasteiger partial charge in [-0.05, 0) is 113 Å². The van der Waals surface area contributed by atoms with Crippen molar-refractivity contribution in [1.29, 1.82) is 0 Å². The number of aliphatic hydroxyl groups excluding tert-OH is 1. The first-order valence-electron chi connectivity index (χ1n) is 18.0. The van der Waals surface area contributed by atoms with E-state index in [1.54, 1.807) is 7.11 Å². The molecule has 0 amide bonds. The zero-order valence-corrected chi connectivity index (χ0v) is 31.7. The standard InChI is InChI=1S/C49H46N2O2/c1-33-16-14-17-34(2)47(33)50-30-44(37-20-10-8-11-21-37)42-28-40(25-24-39(42)32-52)49(5,6)41-26-27-46(53-7)43(29-41)45(38-22-12-9-13-23-38)31-51-48-35(3)18-15-19-36(48)4/h8-29,52H,32H2,1-7H3. The molecule has 1 N–H and O–H groups in total. The third-order valence-corrected chi connectivity index (χ3v) is 10.0. The van der Waals surface area contributed by atoms with Gasteiger partial charge < -0.3 is 9.84 Å². The molecule has 0 aromatic heterocycles. The number of aliphatic imine (C=N–C) groups is 2. The van der Waals surface area contributed by atoms with Gasteiger partial charge in [-0.15, -0.1) is 0 Å². The lowest BCUT2D eigenvalue weighted by molar-refractivity contribution is 0.281. The van der Waals surface area contributed by atoms with Crippen LogP contribution in [0.2, 0.25) is 0 Å². The van der Waals surface area contributed by atoms with Gasteiger partial charge in [-0.1, -0.05) is 129 Å². The van der Waals surface area contributed by atoms with Crippen molar-refractivity contribution >= 4 is 34.3 Å². The Bertz CT molecular complexity index is 2180. The molecule has 0 bridgehead atoms. The predicted octanol–water partition coefficient (Wildman–Crippen LogP) is 11.6. The van der Waals surface area contributed by atoms with E-state index in [9.17, 15) is 5.11 Å². The molecule has 0 saturated carbocycles. The van der Waals surface area contributed by atoms with Gasteiger partial charge >= 0.3 is 0 Å². The summed E-state index contributed by atoms with van der Waals surface area (Å²) in [6.45, 7) is 12.6. The second-order valence-electron chi connectivity index (χ2n) is 14.0. The molecule has 0 radical (unpaired) electrons. The van der Waals surface area contributed by atoms with Crippen LogP contribution in [0.4, 0.5) is 11.4 Å². The van der Waals surface area contributed by atoms with Crippen LogP contribution in [-0.2, 0) is 12.0 Å². The van der Waals surface area contributed by atoms with Crippen LogP contribution in [0.5, 0.6) is 5.75 Å². The summed E-state index contributed by atoms with van der Waals surface area (Å²) >= 11 is 0. The highest BCUT2D eigenvalue weighted by atomic mass is 16.5. The SMILES string of the molecule is COc1ccc(C(C)(C)c2ccc(CO)c(C(=C=Nc3c(C)cccc3C)c3ccccc3)c2)cc1C(=C=Nc1c(C)cccc1C)c1ccccc1. The van der Waals surface area contributed by atoms with Crippen LogP contribution in [0.15, 0.2) is 143 Å². The second-order valence-corrected chi connectivity index (χ2v) is 14.0. The van der Waals surface area contributed by atoms with E-state index in [1.807, 2.05) is 54.6 Å². The van der Waals surface area contributed by atoms with E-state index in [2.05, 4.69) is 132 Å². The van der Waals surface area contributed by atoms with Gasteiger partial charge in [0, 0.05) is 11.0 Å². The molecule has 6 aromatic rings. The normalized spacial score (nSPS) is 10.9. The highest BCUT2D eigenvalue weighted by molar-refractivity contribution is 6.02. The van der Waals surface area contributed by atoms with Crippen molar-refractivity contribution in [3.8, 4) is 5.75 Å². The van der Waals surface area contributed by atoms with Crippen molar-refractivity contribution in [2.75, 3.05) is 7.11 Å². The molecular weight excluding hydrogens is 649 g/mol. The molecular formula is C49H46N2O2. The van der Waals surface area contributed by atoms with Gasteiger partial charge in [0.2, 0.25) is 0 Å². The summed E-state index contributed by atoms with van der Waals surface area (Å²) in [7, 11) is 1.70. The highest BCUT2D eigenvalue weighted by Crippen LogP contribution is 2.39. The highest BCUT2D eigenvalue weighted by Gasteiger charge is 2.27. The van der Waals surface area contributed by atoms with Crippen LogP contribution in [0.1, 0.15) is 75.0 Å². The number of para-hydroxylation sites is 2. The largest absolute Gasteiger partial charge is 0.496 e. The Hall–Kier alpha value is -6.02. The van der Waals surface area contributed by atoms with Crippen molar-refractivity contribution in [3.63, 3.8) is 0 Å². The summed E-state index contributed by atoms with van der Waals surface area (Å²) in [4.78, 5) is 9.84. The van der Waals surface area contributed by atoms with Crippen molar-refractivity contribution in [2.45, 2.75) is 53.6 Å². The first kappa shape index (κ1) is 36.8. The van der Waals surface area contributed by atoms with Gasteiger partial charge in [0.05, 0.1) is 36.2 Å². The summed E-state index contributed by atoms with van der Waals surface area (Å²) in [6, 6.07) is 45.4. The van der Waals surface area contributed by atoms with Crippen LogP contribution in [0.3, 0.4) is 0 Å². The van der Waals surface area contributed by atoms with E-state index < -0.39 is 5.41 Å². The molecule has 0 atom stereocenters. The molecule has 4 heteroatoms. The maximum absolute atomic E-state index is 10.6. The molecule has 0 unspecified atom stereocenters. The first-order valence-corrected chi connectivity index (χ1v) is 18.0. The van der Waals surface area contributed by atoms with Gasteiger partial charge in [0.25, 0.3) is 0 Å². The number of hydrogen-bond donors (Lipinski definition) is 1. The van der Waals surface area contributed by atoms with Crippen LogP contribution in [0, 0.1) is 27.7 Å². The molecule has 0 fully saturated rings. The number of aryl methyl sites for hydroxylation is 4. The number of aliphatic hydroxyl groups is 1. The zero-order valence-electron chi connectivity index (χ0n) is 31.7. The molecule has 0 aliphatic rings. The lowest BCUT2D eigenvalue weighted by atomic mass is 9.75. The summed E-state index contributed by atoms with van der Waals surface area (Å²) in [5, 5.41) is 10.6. The second kappa shape index (κ2) is 16.1. The summed E-state index contributed by atoms with van der Waals surface area (Å²) < 4.78 is 5.98. The van der Waals surface area contributed by atoms with Gasteiger partial charge in [-0.2, -0.15) is 0 Å². The fraction of sp³-hybridized carbons (Fsp3) is 0.184. The van der Waals surface area contributed by atoms with E-state index in [4.69, 9.17) is 14.7 Å². The molecule has 6 rings (SSSR count). The van der Waals surface area contributed by atoms with Crippen LogP contribution in [-0.4, -0.2) is 24.0 Å². The fourth-order valence-corrected chi connectivity index (χ4v) is 6.75. The molecule has 0 saturated heterocycles. The van der Waals surface area contributed by atoms with Gasteiger partial charge in [-0.25, -0.2) is 9.98 Å². The number of ether oxygens (including phenoxy) is 1. The van der Waals surface area contributed by atoms with Gasteiger partial charge in [0.1, 0.15) is 5.75 Å². The van der Waals surface area contributed by atoms with Crippen LogP contribution in [0.25, 0.3) is 11.1 Å². The number of nitrogens with zero attached hydrogens (tertiary/aromatic N) is 2. The number of hydrogen-bond acceptors (Lipinski definition) is 4. The minimum absolute atomic E-state index is 0.116. The van der Waals surface area contributed by atoms with Crippen LogP contribution >= 0.6 is 0 Å². The average molecular weight is 695 g/mol. The Morgan fingerprint density at radius 2 is 1.00 bits per heavy atom. The summed E-state index contributed by atoms with van der Waals surface area (Å²) in [5.41, 5.74) is 14.1. The molecule has 6 aromatic carbocycles. The smallest absolute Gasteiger partial charge is 0.127 e. The summed E-state index contributed by atoms with van der Waals surface area (Å²) in [6.07, 6.45) is 0. The van der Waals surface area contributed by atoms with Gasteiger partial charge in [-0.3, -0.25) is 0 Å². The van der Waals surface area contributed by atoms with Crippen molar-refractivity contribution in [1.82, 2.24) is 0 Å². The first-order chi connectivity index (χ1) is 25.6. The van der Waals surface area contributed by atoms with E-state index in [1.165, 1.54) is 0 Å². The Balaban J connectivity index is 1.53. The molecule has 0 aliphatic carbocycles. The molecule has 0 spiro atoms. The Morgan fingerprint density at radius 1 is 0.566 bits per heavy atom. The third-order valence-electron chi connectivity index (χ3n) is 10.0. The van der Waals surface area contributed by atoms with Crippen LogP contribution < -0.4 is 4.74 Å². The predicted molar refractivity (Wildman–Crippen MR) is 221 cm³/mol. The molecule has 264 valence electrons. The van der Waals surface area contributed by atoms with E-state index in [-0.39, 0.29) is 6.61 Å². The lowest BCUT2D eigenvalue weighted by Crippen LogP contribution is -2.20. The summed E-state index contributed by atoms with van der Waals surface area (Å²) in [5.74, 6) is 7.61. The zero-order chi connectivity index (χ0) is 37.5. The van der Waals surface area contributed by atoms with Crippen molar-refractivity contribution in [3.05, 3.63) is 195 Å². The molecule has 53 heavy (non-hydrogen) atoms. The Morgan fingerprint density at radius 3 is 1.45 bits per heavy atom. The maximum atomic E-state index is 10.6. The number of rotatable bonds is 10. The lowest BCUT2D eigenvalue weighted by Gasteiger charge is -2.28. The Kier molecular flexibility index (Phi) is 11.2. The van der Waals surface area contributed by atoms with E-state index in [0.29, 0.717) is 0 Å². The fourth-order valence-electron chi connectivity index (χ4n) is 6.75. The van der Waals surface area contributed by atoms with E-state index >= 15 is 0 Å². The average Bonchev–Trinajstić information content (AvgIpc) is 3.17. The third kappa shape index (κ3) is 7.92. The van der Waals surface area contributed by atoms with Crippen molar-refractivity contribution < 1.29 is 9.84 Å². The molecule has 0 aliphatic heterocycles. The number of methoxy groups -OCH3 is 1. The van der Waals surface area contributed by atoms with Crippen molar-refractivity contribution in [2.24, 2.45) is 9.98 Å². The number of benzene rings is 6. The Labute approximate surface area is 314 Å². The molecule has 4 nitrogen and oxygen atoms in total. The minimum atomic E-state index is -0.457. The monoisotopic (exact) mass is 694 g/mol. The van der Waals surface area contributed by atoms with E-state index in [0.717, 1.165) is 89.5 Å². The topological polar surface area (TPSA) is 54.2 Å². The molecule has 0 heterocycles. The minimum Gasteiger partial charge on any atom is -0.496 e.